The Morgan fingerprint density at radius 2 is 2.07 bits per heavy atom. The van der Waals surface area contributed by atoms with Gasteiger partial charge in [0.25, 0.3) is 6.43 Å². The maximum Gasteiger partial charge on any atom is 0.264 e. The Morgan fingerprint density at radius 1 is 1.47 bits per heavy atom. The molecule has 0 spiro atoms. The van der Waals surface area contributed by atoms with E-state index in [0.717, 1.165) is 6.07 Å². The van der Waals surface area contributed by atoms with Crippen molar-refractivity contribution in [3.05, 3.63) is 23.3 Å². The Kier molecular flexibility index (Phi) is 3.24. The van der Waals surface area contributed by atoms with E-state index < -0.39 is 12.2 Å². The van der Waals surface area contributed by atoms with E-state index in [1.165, 1.54) is 20.1 Å². The van der Waals surface area contributed by atoms with Gasteiger partial charge >= 0.3 is 0 Å². The smallest absolute Gasteiger partial charge is 0.264 e. The molecule has 0 saturated heterocycles. The zero-order valence-corrected chi connectivity index (χ0v) is 8.38. The third-order valence-electron chi connectivity index (χ3n) is 1.96. The summed E-state index contributed by atoms with van der Waals surface area (Å²) in [5, 5.41) is 0. The van der Waals surface area contributed by atoms with E-state index in [-0.39, 0.29) is 22.6 Å². The maximum absolute atomic E-state index is 12.6. The number of ether oxygens (including phenoxy) is 1. The molecule has 15 heavy (non-hydrogen) atoms. The van der Waals surface area contributed by atoms with Crippen molar-refractivity contribution in [3.8, 4) is 5.75 Å². The number of anilines is 1. The summed E-state index contributed by atoms with van der Waals surface area (Å²) in [6.07, 6.45) is -2.75. The van der Waals surface area contributed by atoms with Crippen LogP contribution in [0.4, 0.5) is 14.5 Å². The Morgan fingerprint density at radius 3 is 2.47 bits per heavy atom. The number of halogens is 2. The summed E-state index contributed by atoms with van der Waals surface area (Å²) in [7, 11) is 1.30. The first kappa shape index (κ1) is 11.4. The Balaban J connectivity index is 3.47. The molecule has 1 rings (SSSR count). The van der Waals surface area contributed by atoms with Crippen molar-refractivity contribution in [2.45, 2.75) is 13.3 Å². The summed E-state index contributed by atoms with van der Waals surface area (Å²) in [4.78, 5) is 11.2. The highest BCUT2D eigenvalue weighted by Gasteiger charge is 2.21. The largest absolute Gasteiger partial charge is 0.496 e. The van der Waals surface area contributed by atoms with Crippen LogP contribution in [0, 0.1) is 0 Å². The monoisotopic (exact) mass is 215 g/mol. The quantitative estimate of drug-likeness (QED) is 0.622. The van der Waals surface area contributed by atoms with E-state index in [0.29, 0.717) is 0 Å². The third kappa shape index (κ3) is 2.23. The highest BCUT2D eigenvalue weighted by molar-refractivity contribution is 5.99. The highest BCUT2D eigenvalue weighted by atomic mass is 19.3. The molecule has 0 aliphatic carbocycles. The van der Waals surface area contributed by atoms with E-state index in [1.54, 1.807) is 0 Å². The molecule has 0 aromatic heterocycles. The van der Waals surface area contributed by atoms with Gasteiger partial charge in [0.2, 0.25) is 0 Å². The second-order valence-electron chi connectivity index (χ2n) is 3.04. The number of hydrogen-bond acceptors (Lipinski definition) is 3. The molecule has 0 aliphatic rings. The van der Waals surface area contributed by atoms with Crippen LogP contribution in [0.3, 0.4) is 0 Å². The highest BCUT2D eigenvalue weighted by Crippen LogP contribution is 2.32. The molecule has 0 bridgehead atoms. The van der Waals surface area contributed by atoms with Gasteiger partial charge in [-0.1, -0.05) is 0 Å². The number of nitrogen functional groups attached to an aromatic ring is 1. The summed E-state index contributed by atoms with van der Waals surface area (Å²) in [5.41, 5.74) is 5.06. The minimum absolute atomic E-state index is 0.0813. The normalized spacial score (nSPS) is 10.5. The molecule has 1 aromatic carbocycles. The zero-order valence-electron chi connectivity index (χ0n) is 8.38. The van der Waals surface area contributed by atoms with Gasteiger partial charge in [-0.15, -0.1) is 0 Å². The maximum atomic E-state index is 12.6. The number of nitrogens with two attached hydrogens (primary N) is 1. The van der Waals surface area contributed by atoms with E-state index in [4.69, 9.17) is 10.5 Å². The first-order chi connectivity index (χ1) is 6.97. The fourth-order valence-corrected chi connectivity index (χ4v) is 1.37. The number of Topliss-reactive ketones (excluding diaryl/α,β-unsaturated/α-hetero) is 1. The zero-order chi connectivity index (χ0) is 11.6. The van der Waals surface area contributed by atoms with Crippen molar-refractivity contribution < 1.29 is 18.3 Å². The average molecular weight is 215 g/mol. The van der Waals surface area contributed by atoms with Gasteiger partial charge in [-0.25, -0.2) is 8.78 Å². The molecule has 2 N–H and O–H groups in total. The van der Waals surface area contributed by atoms with Crippen molar-refractivity contribution in [1.29, 1.82) is 0 Å². The Labute approximate surface area is 85.8 Å². The summed E-state index contributed by atoms with van der Waals surface area (Å²) in [6.45, 7) is 1.21. The van der Waals surface area contributed by atoms with E-state index in [2.05, 4.69) is 0 Å². The second kappa shape index (κ2) is 4.25. The molecule has 0 amide bonds. The van der Waals surface area contributed by atoms with Gasteiger partial charge in [0.05, 0.1) is 12.7 Å². The standard InChI is InChI=1S/C10H11F2NO2/c1-5(14)9-7(10(11)12)3-6(13)4-8(9)15-2/h3-4,10H,13H2,1-2H3. The van der Waals surface area contributed by atoms with Crippen LogP contribution in [0.5, 0.6) is 5.75 Å². The predicted octanol–water partition coefficient (Wildman–Crippen LogP) is 2.42. The molecule has 5 heteroatoms. The van der Waals surface area contributed by atoms with Gasteiger partial charge in [-0.3, -0.25) is 4.79 Å². The van der Waals surface area contributed by atoms with Crippen LogP contribution >= 0.6 is 0 Å². The van der Waals surface area contributed by atoms with Crippen LogP contribution in [0.15, 0.2) is 12.1 Å². The molecule has 0 fully saturated rings. The van der Waals surface area contributed by atoms with E-state index in [1.807, 2.05) is 0 Å². The van der Waals surface area contributed by atoms with Crippen LogP contribution in [-0.4, -0.2) is 12.9 Å². The average Bonchev–Trinajstić information content (AvgIpc) is 2.15. The molecule has 82 valence electrons. The molecule has 0 heterocycles. The molecule has 1 aromatic rings. The molecule has 0 atom stereocenters. The number of alkyl halides is 2. The number of carbonyl (C=O) groups is 1. The summed E-state index contributed by atoms with van der Waals surface area (Å²) < 4.78 is 30.1. The summed E-state index contributed by atoms with van der Waals surface area (Å²) in [5.74, 6) is -0.389. The number of methoxy groups -OCH3 is 1. The van der Waals surface area contributed by atoms with Gasteiger partial charge < -0.3 is 10.5 Å². The number of benzene rings is 1. The topological polar surface area (TPSA) is 52.3 Å². The molecular weight excluding hydrogens is 204 g/mol. The van der Waals surface area contributed by atoms with Crippen molar-refractivity contribution in [2.75, 3.05) is 12.8 Å². The SMILES string of the molecule is COc1cc(N)cc(C(F)F)c1C(C)=O. The fraction of sp³-hybridized carbons (Fsp3) is 0.300. The van der Waals surface area contributed by atoms with Gasteiger partial charge in [0.15, 0.2) is 5.78 Å². The predicted molar refractivity (Wildman–Crippen MR) is 52.4 cm³/mol. The number of carbonyl (C=O) groups excluding carboxylic acids is 1. The van der Waals surface area contributed by atoms with Gasteiger partial charge in [0, 0.05) is 17.3 Å². The molecule has 0 unspecified atom stereocenters. The lowest BCUT2D eigenvalue weighted by Gasteiger charge is -2.12. The molecule has 0 aliphatic heterocycles. The van der Waals surface area contributed by atoms with Crippen LogP contribution in [0.1, 0.15) is 29.3 Å². The van der Waals surface area contributed by atoms with Crippen molar-refractivity contribution >= 4 is 11.5 Å². The van der Waals surface area contributed by atoms with Crippen LogP contribution < -0.4 is 10.5 Å². The minimum atomic E-state index is -2.75. The Hall–Kier alpha value is -1.65. The van der Waals surface area contributed by atoms with E-state index >= 15 is 0 Å². The molecule has 0 radical (unpaired) electrons. The fourth-order valence-electron chi connectivity index (χ4n) is 1.37. The summed E-state index contributed by atoms with van der Waals surface area (Å²) >= 11 is 0. The number of hydrogen-bond donors (Lipinski definition) is 1. The van der Waals surface area contributed by atoms with Crippen molar-refractivity contribution in [3.63, 3.8) is 0 Å². The minimum Gasteiger partial charge on any atom is -0.496 e. The molecule has 0 saturated carbocycles. The molecular formula is C10H11F2NO2. The number of rotatable bonds is 3. The van der Waals surface area contributed by atoms with Crippen LogP contribution in [0.2, 0.25) is 0 Å². The lowest BCUT2D eigenvalue weighted by molar-refractivity contribution is 0.0995. The van der Waals surface area contributed by atoms with Crippen LogP contribution in [0.25, 0.3) is 0 Å². The van der Waals surface area contributed by atoms with Gasteiger partial charge in [-0.05, 0) is 13.0 Å². The summed E-state index contributed by atoms with van der Waals surface area (Å²) in [6, 6.07) is 2.44. The Bertz CT molecular complexity index is 391. The van der Waals surface area contributed by atoms with E-state index in [9.17, 15) is 13.6 Å². The first-order valence-corrected chi connectivity index (χ1v) is 4.23. The van der Waals surface area contributed by atoms with Crippen molar-refractivity contribution in [2.24, 2.45) is 0 Å². The van der Waals surface area contributed by atoms with Crippen LogP contribution in [-0.2, 0) is 0 Å². The van der Waals surface area contributed by atoms with Gasteiger partial charge in [-0.2, -0.15) is 0 Å². The number of ketones is 1. The lowest BCUT2D eigenvalue weighted by atomic mass is 10.0. The first-order valence-electron chi connectivity index (χ1n) is 4.23. The van der Waals surface area contributed by atoms with Crippen molar-refractivity contribution in [1.82, 2.24) is 0 Å². The second-order valence-corrected chi connectivity index (χ2v) is 3.04. The molecule has 3 nitrogen and oxygen atoms in total. The lowest BCUT2D eigenvalue weighted by Crippen LogP contribution is -2.05. The third-order valence-corrected chi connectivity index (χ3v) is 1.96. The van der Waals surface area contributed by atoms with Gasteiger partial charge in [0.1, 0.15) is 5.75 Å².